The van der Waals surface area contributed by atoms with E-state index in [0.29, 0.717) is 0 Å². The number of thiocarbonyl (C=S) groups is 1. The molecule has 0 aromatic carbocycles. The van der Waals surface area contributed by atoms with Gasteiger partial charge >= 0.3 is 0 Å². The van der Waals surface area contributed by atoms with Gasteiger partial charge in [0, 0.05) is 5.75 Å². The molecule has 66 valence electrons. The van der Waals surface area contributed by atoms with E-state index in [9.17, 15) is 0 Å². The monoisotopic (exact) mass is 208 g/mol. The Morgan fingerprint density at radius 2 is 2.54 bits per heavy atom. The van der Waals surface area contributed by atoms with Crippen LogP contribution >= 0.6 is 24.0 Å². The standard InChI is InChI=1S/C9H8N2S2/c1-2-5-13-9-4-3-8(6-10-9)11-7-12/h2-4,6H,1,5H2. The average Bonchev–Trinajstić information content (AvgIpc) is 2.17. The summed E-state index contributed by atoms with van der Waals surface area (Å²) >= 11 is 6.10. The molecule has 13 heavy (non-hydrogen) atoms. The molecule has 1 heterocycles. The van der Waals surface area contributed by atoms with Crippen molar-refractivity contribution in [2.75, 3.05) is 5.75 Å². The highest BCUT2D eigenvalue weighted by molar-refractivity contribution is 7.99. The van der Waals surface area contributed by atoms with Crippen LogP contribution in [0.2, 0.25) is 0 Å². The van der Waals surface area contributed by atoms with Crippen LogP contribution in [-0.2, 0) is 0 Å². The molecule has 0 radical (unpaired) electrons. The fraction of sp³-hybridized carbons (Fsp3) is 0.111. The molecule has 0 unspecified atom stereocenters. The van der Waals surface area contributed by atoms with Gasteiger partial charge in [0.2, 0.25) is 0 Å². The van der Waals surface area contributed by atoms with E-state index in [1.54, 1.807) is 18.0 Å². The van der Waals surface area contributed by atoms with Crippen LogP contribution in [-0.4, -0.2) is 15.9 Å². The van der Waals surface area contributed by atoms with Gasteiger partial charge in [-0.15, -0.1) is 18.3 Å². The Bertz CT molecular complexity index is 326. The van der Waals surface area contributed by atoms with E-state index >= 15 is 0 Å². The smallest absolute Gasteiger partial charge is 0.0964 e. The fourth-order valence-corrected chi connectivity index (χ4v) is 1.41. The van der Waals surface area contributed by atoms with E-state index in [0.717, 1.165) is 16.5 Å². The van der Waals surface area contributed by atoms with Gasteiger partial charge in [-0.3, -0.25) is 0 Å². The van der Waals surface area contributed by atoms with E-state index in [4.69, 9.17) is 0 Å². The van der Waals surface area contributed by atoms with Gasteiger partial charge in [0.05, 0.1) is 22.1 Å². The van der Waals surface area contributed by atoms with Crippen LogP contribution in [0.15, 0.2) is 41.0 Å². The van der Waals surface area contributed by atoms with Crippen LogP contribution in [0, 0.1) is 0 Å². The number of aromatic nitrogens is 1. The normalized spacial score (nSPS) is 8.92. The second kappa shape index (κ2) is 5.65. The van der Waals surface area contributed by atoms with E-state index in [1.165, 1.54) is 0 Å². The van der Waals surface area contributed by atoms with Crippen molar-refractivity contribution in [3.63, 3.8) is 0 Å². The summed E-state index contributed by atoms with van der Waals surface area (Å²) in [5.74, 6) is 0.864. The SMILES string of the molecule is C=CCSc1ccc(N=C=S)cn1. The minimum Gasteiger partial charge on any atom is -0.248 e. The maximum absolute atomic E-state index is 4.47. The molecular weight excluding hydrogens is 200 g/mol. The number of hydrogen-bond donors (Lipinski definition) is 0. The second-order valence-corrected chi connectivity index (χ2v) is 3.38. The average molecular weight is 208 g/mol. The van der Waals surface area contributed by atoms with Gasteiger partial charge in [0.15, 0.2) is 0 Å². The molecule has 0 aliphatic carbocycles. The lowest BCUT2D eigenvalue weighted by Gasteiger charge is -1.96. The fourth-order valence-electron chi connectivity index (χ4n) is 0.721. The first-order valence-corrected chi connectivity index (χ1v) is 5.04. The highest BCUT2D eigenvalue weighted by atomic mass is 32.2. The summed E-state index contributed by atoms with van der Waals surface area (Å²) in [6, 6.07) is 3.76. The van der Waals surface area contributed by atoms with Crippen LogP contribution in [0.3, 0.4) is 0 Å². The summed E-state index contributed by atoms with van der Waals surface area (Å²) in [5.41, 5.74) is 0.734. The molecule has 0 fully saturated rings. The number of isothiocyanates is 1. The third-order valence-electron chi connectivity index (χ3n) is 1.24. The molecule has 0 atom stereocenters. The number of nitrogens with zero attached hydrogens (tertiary/aromatic N) is 2. The van der Waals surface area contributed by atoms with Crippen molar-refractivity contribution >= 4 is 34.8 Å². The lowest BCUT2D eigenvalue weighted by atomic mass is 10.4. The lowest BCUT2D eigenvalue weighted by Crippen LogP contribution is -1.78. The van der Waals surface area contributed by atoms with Crippen molar-refractivity contribution in [3.05, 3.63) is 31.0 Å². The van der Waals surface area contributed by atoms with E-state index in [2.05, 4.69) is 33.9 Å². The van der Waals surface area contributed by atoms with Crippen molar-refractivity contribution in [1.29, 1.82) is 0 Å². The van der Waals surface area contributed by atoms with Gasteiger partial charge < -0.3 is 0 Å². The van der Waals surface area contributed by atoms with Gasteiger partial charge in [-0.2, -0.15) is 4.99 Å². The van der Waals surface area contributed by atoms with E-state index in [-0.39, 0.29) is 0 Å². The molecule has 0 aliphatic heterocycles. The summed E-state index contributed by atoms with van der Waals surface area (Å²) < 4.78 is 0. The van der Waals surface area contributed by atoms with Gasteiger partial charge in [0.1, 0.15) is 0 Å². The first-order valence-electron chi connectivity index (χ1n) is 3.64. The Balaban J connectivity index is 2.68. The second-order valence-electron chi connectivity index (χ2n) is 2.16. The topological polar surface area (TPSA) is 25.2 Å². The third kappa shape index (κ3) is 3.51. The molecule has 1 aromatic rings. The van der Waals surface area contributed by atoms with Crippen LogP contribution in [0.1, 0.15) is 0 Å². The molecule has 0 N–H and O–H groups in total. The third-order valence-corrected chi connectivity index (χ3v) is 2.28. The Labute approximate surface area is 86.8 Å². The van der Waals surface area contributed by atoms with E-state index < -0.39 is 0 Å². The number of aliphatic imine (C=N–C) groups is 1. The van der Waals surface area contributed by atoms with Gasteiger partial charge in [-0.05, 0) is 24.4 Å². The molecule has 0 amide bonds. The molecule has 0 saturated carbocycles. The summed E-state index contributed by atoms with van der Waals surface area (Å²) in [6.45, 7) is 3.63. The Kier molecular flexibility index (Phi) is 4.40. The molecule has 4 heteroatoms. The molecular formula is C9H8N2S2. The van der Waals surface area contributed by atoms with Crippen molar-refractivity contribution in [2.45, 2.75) is 5.03 Å². The van der Waals surface area contributed by atoms with Crippen LogP contribution in [0.25, 0.3) is 0 Å². The minimum absolute atomic E-state index is 0.734. The molecule has 1 aromatic heterocycles. The summed E-state index contributed by atoms with van der Waals surface area (Å²) in [5, 5.41) is 3.25. The number of rotatable bonds is 4. The first kappa shape index (κ1) is 10.1. The molecule has 2 nitrogen and oxygen atoms in total. The van der Waals surface area contributed by atoms with Crippen molar-refractivity contribution in [3.8, 4) is 0 Å². The summed E-state index contributed by atoms with van der Waals surface area (Å²) in [7, 11) is 0. The summed E-state index contributed by atoms with van der Waals surface area (Å²) in [4.78, 5) is 7.97. The molecule has 0 saturated heterocycles. The van der Waals surface area contributed by atoms with Crippen LogP contribution in [0.4, 0.5) is 5.69 Å². The number of hydrogen-bond acceptors (Lipinski definition) is 4. The maximum Gasteiger partial charge on any atom is 0.0964 e. The van der Waals surface area contributed by atoms with Gasteiger partial charge in [0.25, 0.3) is 0 Å². The predicted molar refractivity (Wildman–Crippen MR) is 59.8 cm³/mol. The van der Waals surface area contributed by atoms with E-state index in [1.807, 2.05) is 18.2 Å². The highest BCUT2D eigenvalue weighted by Gasteiger charge is 1.93. The highest BCUT2D eigenvalue weighted by Crippen LogP contribution is 2.17. The van der Waals surface area contributed by atoms with Crippen molar-refractivity contribution in [2.24, 2.45) is 4.99 Å². The zero-order valence-electron chi connectivity index (χ0n) is 6.93. The summed E-state index contributed by atoms with van der Waals surface area (Å²) in [6.07, 6.45) is 3.51. The number of pyridine rings is 1. The van der Waals surface area contributed by atoms with Gasteiger partial charge in [-0.1, -0.05) is 6.08 Å². The Morgan fingerprint density at radius 1 is 1.69 bits per heavy atom. The molecule has 0 spiro atoms. The zero-order valence-corrected chi connectivity index (χ0v) is 8.57. The Morgan fingerprint density at radius 3 is 3.08 bits per heavy atom. The van der Waals surface area contributed by atoms with Crippen LogP contribution < -0.4 is 0 Å². The zero-order chi connectivity index (χ0) is 9.52. The quantitative estimate of drug-likeness (QED) is 0.329. The van der Waals surface area contributed by atoms with Crippen molar-refractivity contribution in [1.82, 2.24) is 4.98 Å². The predicted octanol–water partition coefficient (Wildman–Crippen LogP) is 3.09. The first-order chi connectivity index (χ1) is 6.36. The van der Waals surface area contributed by atoms with Gasteiger partial charge in [-0.25, -0.2) is 4.98 Å². The van der Waals surface area contributed by atoms with Crippen molar-refractivity contribution < 1.29 is 0 Å². The lowest BCUT2D eigenvalue weighted by molar-refractivity contribution is 1.13. The molecule has 0 aliphatic rings. The molecule has 0 bridgehead atoms. The largest absolute Gasteiger partial charge is 0.248 e. The Hall–Kier alpha value is -0.960. The number of thioether (sulfide) groups is 1. The maximum atomic E-state index is 4.47. The van der Waals surface area contributed by atoms with Crippen LogP contribution in [0.5, 0.6) is 0 Å². The molecule has 1 rings (SSSR count). The minimum atomic E-state index is 0.734.